The summed E-state index contributed by atoms with van der Waals surface area (Å²) >= 11 is 0. The minimum absolute atomic E-state index is 0.820. The second kappa shape index (κ2) is 38.2. The third kappa shape index (κ3) is 37.2. The summed E-state index contributed by atoms with van der Waals surface area (Å²) < 4.78 is 0. The lowest BCUT2D eigenvalue weighted by molar-refractivity contribution is 0.394. The van der Waals surface area contributed by atoms with Gasteiger partial charge in [-0.25, -0.2) is 0 Å². The molecule has 0 aromatic rings. The summed E-state index contributed by atoms with van der Waals surface area (Å²) in [6, 6.07) is 0. The Hall–Kier alpha value is -1.30. The maximum Gasteiger partial charge on any atom is -0.0169 e. The second-order valence-corrected chi connectivity index (χ2v) is 14.9. The van der Waals surface area contributed by atoms with Gasteiger partial charge in [-0.15, -0.1) is 0 Å². The van der Waals surface area contributed by atoms with E-state index < -0.39 is 0 Å². The quantitative estimate of drug-likeness (QED) is 0.0474. The Morgan fingerprint density at radius 1 is 0.435 bits per heavy atom. The molecule has 0 amide bonds. The second-order valence-electron chi connectivity index (χ2n) is 14.9. The van der Waals surface area contributed by atoms with Crippen molar-refractivity contribution in [3.63, 3.8) is 0 Å². The fraction of sp³-hybridized carbons (Fsp3) is 0.783. The smallest absolute Gasteiger partial charge is 0.0169 e. The highest BCUT2D eigenvalue weighted by Gasteiger charge is 2.11. The minimum atomic E-state index is 0.820. The van der Waals surface area contributed by atoms with Gasteiger partial charge in [0.2, 0.25) is 0 Å². The Morgan fingerprint density at radius 2 is 0.804 bits per heavy atom. The summed E-state index contributed by atoms with van der Waals surface area (Å²) in [6.45, 7) is 13.8. The largest absolute Gasteiger partial charge is 0.0999 e. The van der Waals surface area contributed by atoms with Crippen molar-refractivity contribution in [2.75, 3.05) is 0 Å². The van der Waals surface area contributed by atoms with E-state index in [2.05, 4.69) is 82.9 Å². The predicted octanol–water partition coefficient (Wildman–Crippen LogP) is 16.8. The minimum Gasteiger partial charge on any atom is -0.0999 e. The molecule has 0 radical (unpaired) electrons. The fourth-order valence-electron chi connectivity index (χ4n) is 6.46. The van der Waals surface area contributed by atoms with Crippen molar-refractivity contribution in [1.29, 1.82) is 0 Å². The molecule has 0 rings (SSSR count). The summed E-state index contributed by atoms with van der Waals surface area (Å²) in [4.78, 5) is 0. The monoisotopic (exact) mass is 637 g/mol. The Balaban J connectivity index is 4.01. The molecule has 0 aromatic carbocycles. The molecule has 0 aliphatic carbocycles. The topological polar surface area (TPSA) is 0 Å². The highest BCUT2D eigenvalue weighted by Crippen LogP contribution is 2.27. The zero-order valence-electron chi connectivity index (χ0n) is 32.2. The van der Waals surface area contributed by atoms with Gasteiger partial charge in [0.1, 0.15) is 0 Å². The van der Waals surface area contributed by atoms with Gasteiger partial charge in [-0.3, -0.25) is 0 Å². The van der Waals surface area contributed by atoms with E-state index in [1.54, 1.807) is 0 Å². The highest BCUT2D eigenvalue weighted by molar-refractivity contribution is 4.96. The van der Waals surface area contributed by atoms with Crippen LogP contribution in [0.4, 0.5) is 0 Å². The highest BCUT2D eigenvalue weighted by atomic mass is 14.2. The number of unbranched alkanes of at least 4 members (excludes halogenated alkanes) is 18. The van der Waals surface area contributed by atoms with Crippen molar-refractivity contribution < 1.29 is 0 Å². The first kappa shape index (κ1) is 44.7. The van der Waals surface area contributed by atoms with E-state index in [4.69, 9.17) is 0 Å². The normalized spacial score (nSPS) is 12.5. The van der Waals surface area contributed by atoms with Gasteiger partial charge in [0.15, 0.2) is 0 Å². The lowest BCUT2D eigenvalue weighted by Gasteiger charge is -2.19. The first-order chi connectivity index (χ1) is 22.6. The lowest BCUT2D eigenvalue weighted by Crippen LogP contribution is -2.03. The first-order valence-electron chi connectivity index (χ1n) is 20.9. The van der Waals surface area contributed by atoms with Gasteiger partial charge in [-0.1, -0.05) is 198 Å². The Morgan fingerprint density at radius 3 is 1.20 bits per heavy atom. The van der Waals surface area contributed by atoms with E-state index >= 15 is 0 Å². The molecule has 0 atom stereocenters. The van der Waals surface area contributed by atoms with Crippen LogP contribution in [-0.2, 0) is 0 Å². The summed E-state index contributed by atoms with van der Waals surface area (Å²) in [5.74, 6) is 1.70. The molecule has 0 aromatic heterocycles. The molecule has 0 unspecified atom stereocenters. The van der Waals surface area contributed by atoms with Crippen molar-refractivity contribution in [2.24, 2.45) is 11.8 Å². The maximum absolute atomic E-state index is 4.52. The van der Waals surface area contributed by atoms with Crippen LogP contribution in [0.15, 0.2) is 60.8 Å². The molecule has 0 fully saturated rings. The van der Waals surface area contributed by atoms with Crippen molar-refractivity contribution >= 4 is 0 Å². The molecule has 268 valence electrons. The average Bonchev–Trinajstić information content (AvgIpc) is 3.04. The zero-order valence-corrected chi connectivity index (χ0v) is 32.2. The van der Waals surface area contributed by atoms with E-state index in [0.717, 1.165) is 24.7 Å². The molecule has 0 bridgehead atoms. The van der Waals surface area contributed by atoms with Gasteiger partial charge < -0.3 is 0 Å². The molecule has 46 heavy (non-hydrogen) atoms. The average molecular weight is 637 g/mol. The van der Waals surface area contributed by atoms with Crippen LogP contribution >= 0.6 is 0 Å². The van der Waals surface area contributed by atoms with E-state index in [1.165, 1.54) is 185 Å². The van der Waals surface area contributed by atoms with Crippen LogP contribution in [0, 0.1) is 11.8 Å². The molecular weight excluding hydrogens is 553 g/mol. The van der Waals surface area contributed by atoms with Crippen LogP contribution in [0.1, 0.15) is 220 Å². The van der Waals surface area contributed by atoms with Crippen LogP contribution in [0.25, 0.3) is 0 Å². The molecule has 0 heteroatoms. The third-order valence-corrected chi connectivity index (χ3v) is 9.52. The van der Waals surface area contributed by atoms with Gasteiger partial charge in [0, 0.05) is 0 Å². The molecule has 0 N–H and O–H groups in total. The number of hydrogen-bond acceptors (Lipinski definition) is 0. The predicted molar refractivity (Wildman–Crippen MR) is 214 cm³/mol. The molecule has 0 aliphatic rings. The molecule has 0 nitrogen and oxygen atoms in total. The molecule has 0 spiro atoms. The number of allylic oxidation sites excluding steroid dienone is 9. The van der Waals surface area contributed by atoms with Crippen molar-refractivity contribution in [2.45, 2.75) is 220 Å². The summed E-state index contributed by atoms with van der Waals surface area (Å²) in [5.41, 5.74) is 1.53. The SMILES string of the molecule is C=C(CCCC(C)C)CC(CCCCCCCC/C=C\C/C=C\CCCCC)CCCCCCCC/C=C\C/C=C\CCCCC. The van der Waals surface area contributed by atoms with E-state index in [-0.39, 0.29) is 0 Å². The lowest BCUT2D eigenvalue weighted by atomic mass is 9.87. The molecule has 0 saturated heterocycles. The fourth-order valence-corrected chi connectivity index (χ4v) is 6.46. The molecule has 0 aliphatic heterocycles. The Bertz CT molecular complexity index is 668. The van der Waals surface area contributed by atoms with E-state index in [1.807, 2.05) is 0 Å². The van der Waals surface area contributed by atoms with Gasteiger partial charge in [0.25, 0.3) is 0 Å². The van der Waals surface area contributed by atoms with Crippen LogP contribution in [-0.4, -0.2) is 0 Å². The van der Waals surface area contributed by atoms with Crippen molar-refractivity contribution in [3.8, 4) is 0 Å². The Labute approximate surface area is 292 Å². The van der Waals surface area contributed by atoms with Crippen LogP contribution in [0.5, 0.6) is 0 Å². The van der Waals surface area contributed by atoms with Crippen LogP contribution in [0.2, 0.25) is 0 Å². The van der Waals surface area contributed by atoms with Crippen LogP contribution in [0.3, 0.4) is 0 Å². The van der Waals surface area contributed by atoms with Crippen LogP contribution < -0.4 is 0 Å². The van der Waals surface area contributed by atoms with Crippen molar-refractivity contribution in [3.05, 3.63) is 60.8 Å². The first-order valence-corrected chi connectivity index (χ1v) is 20.9. The summed E-state index contributed by atoms with van der Waals surface area (Å²) in [7, 11) is 0. The van der Waals surface area contributed by atoms with Gasteiger partial charge in [-0.2, -0.15) is 0 Å². The standard InChI is InChI=1S/C46H84/c1-6-8-10-12-14-16-18-20-22-24-26-28-30-32-34-36-41-46(43-45(5)40-38-39-44(3)4)42-37-35-33-31-29-27-25-23-21-19-17-15-13-11-9-7-2/h14-17,20-23,44,46H,5-13,18-19,24-43H2,1-4H3/b16-14-,17-15-,22-20-,23-21-. The molecule has 0 heterocycles. The van der Waals surface area contributed by atoms with Gasteiger partial charge in [-0.05, 0) is 95.3 Å². The Kier molecular flexibility index (Phi) is 37.1. The van der Waals surface area contributed by atoms with Gasteiger partial charge >= 0.3 is 0 Å². The molecular formula is C46H84. The summed E-state index contributed by atoms with van der Waals surface area (Å²) in [5, 5.41) is 0. The molecule has 0 saturated carbocycles. The third-order valence-electron chi connectivity index (χ3n) is 9.52. The summed E-state index contributed by atoms with van der Waals surface area (Å²) in [6.07, 6.45) is 59.3. The number of hydrogen-bond donors (Lipinski definition) is 0. The maximum atomic E-state index is 4.52. The van der Waals surface area contributed by atoms with E-state index in [0.29, 0.717) is 0 Å². The van der Waals surface area contributed by atoms with Crippen molar-refractivity contribution in [1.82, 2.24) is 0 Å². The van der Waals surface area contributed by atoms with Gasteiger partial charge in [0.05, 0.1) is 0 Å². The van der Waals surface area contributed by atoms with E-state index in [9.17, 15) is 0 Å². The zero-order chi connectivity index (χ0) is 33.6. The number of rotatable bonds is 36.